The average molecular weight is 377 g/mol. The second-order valence-electron chi connectivity index (χ2n) is 6.24. The highest BCUT2D eigenvalue weighted by molar-refractivity contribution is 6.30. The molecule has 0 saturated heterocycles. The first-order valence-corrected chi connectivity index (χ1v) is 8.95. The van der Waals surface area contributed by atoms with E-state index in [9.17, 15) is 4.79 Å². The number of pyridine rings is 1. The van der Waals surface area contributed by atoms with Gasteiger partial charge in [0.05, 0.1) is 18.3 Å². The third-order valence-corrected chi connectivity index (χ3v) is 4.49. The van der Waals surface area contributed by atoms with Crippen LogP contribution in [0.25, 0.3) is 11.0 Å². The summed E-state index contributed by atoms with van der Waals surface area (Å²) in [4.78, 5) is 16.9. The van der Waals surface area contributed by atoms with Crippen LogP contribution in [0.5, 0.6) is 0 Å². The largest absolute Gasteiger partial charge is 0.348 e. The van der Waals surface area contributed by atoms with E-state index in [4.69, 9.17) is 11.6 Å². The second kappa shape index (κ2) is 7.60. The van der Waals surface area contributed by atoms with Crippen LogP contribution in [0.4, 0.5) is 0 Å². The summed E-state index contributed by atoms with van der Waals surface area (Å²) in [7, 11) is 0. The molecule has 27 heavy (non-hydrogen) atoms. The van der Waals surface area contributed by atoms with Crippen molar-refractivity contribution in [1.82, 2.24) is 20.1 Å². The van der Waals surface area contributed by atoms with Crippen molar-refractivity contribution in [2.45, 2.75) is 13.1 Å². The molecule has 0 spiro atoms. The number of aromatic nitrogens is 3. The molecule has 2 heterocycles. The van der Waals surface area contributed by atoms with E-state index in [-0.39, 0.29) is 5.91 Å². The number of nitrogens with one attached hydrogen (secondary N) is 1. The topological polar surface area (TPSA) is 59.8 Å². The molecule has 0 aliphatic rings. The summed E-state index contributed by atoms with van der Waals surface area (Å²) in [5.41, 5.74) is 3.35. The maximum Gasteiger partial charge on any atom is 0.253 e. The Morgan fingerprint density at radius 1 is 1.00 bits per heavy atom. The van der Waals surface area contributed by atoms with Gasteiger partial charge >= 0.3 is 0 Å². The molecular weight excluding hydrogens is 360 g/mol. The van der Waals surface area contributed by atoms with Gasteiger partial charge in [0.2, 0.25) is 0 Å². The molecule has 0 radical (unpaired) electrons. The molecule has 0 fully saturated rings. The van der Waals surface area contributed by atoms with E-state index in [0.717, 1.165) is 22.2 Å². The van der Waals surface area contributed by atoms with Crippen LogP contribution in [0.2, 0.25) is 5.02 Å². The minimum Gasteiger partial charge on any atom is -0.348 e. The molecule has 0 saturated carbocycles. The highest BCUT2D eigenvalue weighted by atomic mass is 35.5. The predicted molar refractivity (Wildman–Crippen MR) is 106 cm³/mol. The molecule has 4 rings (SSSR count). The van der Waals surface area contributed by atoms with Crippen LogP contribution in [-0.4, -0.2) is 20.7 Å². The zero-order valence-corrected chi connectivity index (χ0v) is 15.2. The van der Waals surface area contributed by atoms with Gasteiger partial charge in [0.25, 0.3) is 5.91 Å². The zero-order valence-electron chi connectivity index (χ0n) is 14.5. The van der Waals surface area contributed by atoms with Gasteiger partial charge in [-0.25, -0.2) is 9.67 Å². The Kier molecular flexibility index (Phi) is 4.85. The number of carbonyl (C=O) groups excluding carboxylic acids is 1. The Hall–Kier alpha value is -3.18. The third-order valence-electron chi connectivity index (χ3n) is 4.26. The first-order valence-electron chi connectivity index (χ1n) is 8.57. The van der Waals surface area contributed by atoms with Gasteiger partial charge in [0.15, 0.2) is 5.65 Å². The summed E-state index contributed by atoms with van der Waals surface area (Å²) < 4.78 is 1.83. The lowest BCUT2D eigenvalue weighted by Crippen LogP contribution is -2.22. The van der Waals surface area contributed by atoms with Crippen molar-refractivity contribution in [3.63, 3.8) is 0 Å². The molecule has 0 unspecified atom stereocenters. The average Bonchev–Trinajstić information content (AvgIpc) is 3.09. The van der Waals surface area contributed by atoms with Gasteiger partial charge in [-0.3, -0.25) is 4.79 Å². The monoisotopic (exact) mass is 376 g/mol. The lowest BCUT2D eigenvalue weighted by molar-refractivity contribution is 0.0950. The highest BCUT2D eigenvalue weighted by Gasteiger charge is 2.11. The van der Waals surface area contributed by atoms with Crippen LogP contribution in [0.3, 0.4) is 0 Å². The van der Waals surface area contributed by atoms with Crippen LogP contribution < -0.4 is 5.32 Å². The van der Waals surface area contributed by atoms with E-state index in [0.29, 0.717) is 23.7 Å². The minimum absolute atomic E-state index is 0.180. The van der Waals surface area contributed by atoms with E-state index in [2.05, 4.69) is 15.4 Å². The highest BCUT2D eigenvalue weighted by Crippen LogP contribution is 2.15. The smallest absolute Gasteiger partial charge is 0.253 e. The van der Waals surface area contributed by atoms with E-state index in [1.54, 1.807) is 18.5 Å². The Balaban J connectivity index is 1.49. The van der Waals surface area contributed by atoms with Crippen molar-refractivity contribution in [2.75, 3.05) is 0 Å². The number of fused-ring (bicyclic) bond motifs is 1. The van der Waals surface area contributed by atoms with Gasteiger partial charge in [0, 0.05) is 23.2 Å². The van der Waals surface area contributed by atoms with Gasteiger partial charge < -0.3 is 5.32 Å². The molecule has 0 aliphatic heterocycles. The first-order chi connectivity index (χ1) is 13.2. The van der Waals surface area contributed by atoms with Crippen LogP contribution >= 0.6 is 11.6 Å². The number of nitrogens with zero attached hydrogens (tertiary/aromatic N) is 3. The van der Waals surface area contributed by atoms with Crippen molar-refractivity contribution in [3.8, 4) is 0 Å². The number of benzene rings is 2. The molecule has 0 bridgehead atoms. The molecule has 6 heteroatoms. The Bertz CT molecular complexity index is 1090. The summed E-state index contributed by atoms with van der Waals surface area (Å²) in [6, 6.07) is 19.3. The van der Waals surface area contributed by atoms with Gasteiger partial charge in [-0.1, -0.05) is 54.1 Å². The summed E-state index contributed by atoms with van der Waals surface area (Å²) in [6.45, 7) is 1.04. The van der Waals surface area contributed by atoms with Gasteiger partial charge in [-0.05, 0) is 29.3 Å². The number of carbonyl (C=O) groups is 1. The molecule has 2 aromatic heterocycles. The van der Waals surface area contributed by atoms with Crippen LogP contribution in [0.15, 0.2) is 73.1 Å². The Morgan fingerprint density at radius 3 is 2.63 bits per heavy atom. The molecule has 2 aromatic carbocycles. The fourth-order valence-corrected chi connectivity index (χ4v) is 3.11. The number of amides is 1. The number of rotatable bonds is 5. The molecule has 4 aromatic rings. The molecular formula is C21H17ClN4O. The van der Waals surface area contributed by atoms with Gasteiger partial charge in [0.1, 0.15) is 0 Å². The van der Waals surface area contributed by atoms with E-state index >= 15 is 0 Å². The number of hydrogen-bond donors (Lipinski definition) is 1. The quantitative estimate of drug-likeness (QED) is 0.571. The Labute approximate surface area is 161 Å². The van der Waals surface area contributed by atoms with Crippen molar-refractivity contribution >= 4 is 28.5 Å². The SMILES string of the molecule is O=C(NCc1cccc(Cl)c1)c1cnc2c(cnn2Cc2ccccc2)c1. The number of halogens is 1. The van der Waals surface area contributed by atoms with Gasteiger partial charge in [-0.15, -0.1) is 0 Å². The second-order valence-corrected chi connectivity index (χ2v) is 6.67. The fourth-order valence-electron chi connectivity index (χ4n) is 2.90. The standard InChI is InChI=1S/C21H17ClN4O/c22-19-8-4-7-16(9-19)11-24-21(27)18-10-17-13-25-26(20(17)23-12-18)14-15-5-2-1-3-6-15/h1-10,12-13H,11,14H2,(H,24,27). The lowest BCUT2D eigenvalue weighted by atomic mass is 10.2. The molecule has 1 N–H and O–H groups in total. The third kappa shape index (κ3) is 3.99. The van der Waals surface area contributed by atoms with E-state index in [1.807, 2.05) is 59.3 Å². The molecule has 0 aliphatic carbocycles. The fraction of sp³-hybridized carbons (Fsp3) is 0.0952. The normalized spacial score (nSPS) is 10.9. The predicted octanol–water partition coefficient (Wildman–Crippen LogP) is 4.06. The van der Waals surface area contributed by atoms with Crippen molar-refractivity contribution < 1.29 is 4.79 Å². The number of hydrogen-bond acceptors (Lipinski definition) is 3. The first kappa shape index (κ1) is 17.2. The van der Waals surface area contributed by atoms with Crippen LogP contribution in [0, 0.1) is 0 Å². The lowest BCUT2D eigenvalue weighted by Gasteiger charge is -2.06. The zero-order chi connectivity index (χ0) is 18.6. The van der Waals surface area contributed by atoms with E-state index in [1.165, 1.54) is 0 Å². The van der Waals surface area contributed by atoms with Crippen LogP contribution in [0.1, 0.15) is 21.5 Å². The van der Waals surface area contributed by atoms with Crippen molar-refractivity contribution in [2.24, 2.45) is 0 Å². The summed E-state index contributed by atoms with van der Waals surface area (Å²) in [5, 5.41) is 8.77. The Morgan fingerprint density at radius 2 is 1.81 bits per heavy atom. The van der Waals surface area contributed by atoms with Crippen LogP contribution in [-0.2, 0) is 13.1 Å². The molecule has 5 nitrogen and oxygen atoms in total. The minimum atomic E-state index is -0.180. The van der Waals surface area contributed by atoms with Crippen molar-refractivity contribution in [1.29, 1.82) is 0 Å². The maximum absolute atomic E-state index is 12.4. The summed E-state index contributed by atoms with van der Waals surface area (Å²) >= 11 is 5.97. The summed E-state index contributed by atoms with van der Waals surface area (Å²) in [5.74, 6) is -0.180. The van der Waals surface area contributed by atoms with Gasteiger partial charge in [-0.2, -0.15) is 5.10 Å². The van der Waals surface area contributed by atoms with E-state index < -0.39 is 0 Å². The molecule has 0 atom stereocenters. The maximum atomic E-state index is 12.4. The molecule has 1 amide bonds. The molecule has 134 valence electrons. The van der Waals surface area contributed by atoms with Crippen molar-refractivity contribution in [3.05, 3.63) is 94.8 Å². The summed E-state index contributed by atoms with van der Waals surface area (Å²) in [6.07, 6.45) is 3.32.